The maximum Gasteiger partial charge on any atom is 0.149 e. The van der Waals surface area contributed by atoms with Crippen LogP contribution in [-0.2, 0) is 5.41 Å². The molecule has 2 heterocycles. The Morgan fingerprint density at radius 2 is 1.14 bits per heavy atom. The second kappa shape index (κ2) is 15.0. The Kier molecular flexibility index (Phi) is 9.57. The molecule has 0 atom stereocenters. The van der Waals surface area contributed by atoms with Crippen molar-refractivity contribution in [3.05, 3.63) is 192 Å². The van der Waals surface area contributed by atoms with Crippen LogP contribution in [0.1, 0.15) is 43.0 Å². The van der Waals surface area contributed by atoms with Gasteiger partial charge in [0.05, 0.1) is 28.0 Å². The van der Waals surface area contributed by atoms with Crippen molar-refractivity contribution in [1.82, 2.24) is 14.5 Å². The lowest BCUT2D eigenvalue weighted by Gasteiger charge is -2.22. The predicted molar refractivity (Wildman–Crippen MR) is 246 cm³/mol. The molecule has 4 nitrogen and oxygen atoms in total. The standard InChI is InChI=1S/C55H47N3O/c1-35-27-37(3)53(59)48(28-35)54-57-52-45(42-30-43(32-44(31-42)55(4,5)6)49-33-41(25-26-56-49)38-17-10-7-11-18-38)23-16-24-50(52)58(54)51-34-46(39-19-12-8-13-20-39)36(2)29-47(51)40-21-14-9-15-22-40/h7-34,59H,1-6H3. The van der Waals surface area contributed by atoms with Crippen molar-refractivity contribution in [3.8, 4) is 78.6 Å². The SMILES string of the molecule is Cc1cc(C)c(O)c(-c2nc3c(-c4cc(-c5cc(-c6ccccc6)ccn5)cc(C(C)(C)C)c4)cccc3n2-c2cc(-c3ccccc3)c(C)cc2-c2ccccc2)c1. The van der Waals surface area contributed by atoms with E-state index in [2.05, 4.69) is 191 Å². The van der Waals surface area contributed by atoms with Gasteiger partial charge < -0.3 is 5.11 Å². The van der Waals surface area contributed by atoms with Gasteiger partial charge in [0.15, 0.2) is 0 Å². The van der Waals surface area contributed by atoms with Crippen LogP contribution in [0.5, 0.6) is 5.75 Å². The highest BCUT2D eigenvalue weighted by atomic mass is 16.3. The lowest BCUT2D eigenvalue weighted by Crippen LogP contribution is -2.11. The topological polar surface area (TPSA) is 50.9 Å². The van der Waals surface area contributed by atoms with Crippen molar-refractivity contribution in [1.29, 1.82) is 0 Å². The van der Waals surface area contributed by atoms with E-state index < -0.39 is 0 Å². The van der Waals surface area contributed by atoms with E-state index in [0.717, 1.165) is 83.6 Å². The third kappa shape index (κ3) is 7.12. The molecular weight excluding hydrogens is 719 g/mol. The number of fused-ring (bicyclic) bond motifs is 1. The molecular formula is C55H47N3O. The summed E-state index contributed by atoms with van der Waals surface area (Å²) in [5, 5.41) is 11.9. The second-order valence-corrected chi connectivity index (χ2v) is 16.7. The highest BCUT2D eigenvalue weighted by Gasteiger charge is 2.25. The van der Waals surface area contributed by atoms with Crippen LogP contribution in [0.25, 0.3) is 83.9 Å². The summed E-state index contributed by atoms with van der Waals surface area (Å²) in [5.74, 6) is 0.910. The Morgan fingerprint density at radius 3 is 1.81 bits per heavy atom. The number of benzene rings is 7. The van der Waals surface area contributed by atoms with Gasteiger partial charge in [0.25, 0.3) is 0 Å². The zero-order valence-corrected chi connectivity index (χ0v) is 34.5. The normalized spacial score (nSPS) is 11.6. The number of pyridine rings is 1. The summed E-state index contributed by atoms with van der Waals surface area (Å²) in [6.45, 7) is 13.0. The van der Waals surface area contributed by atoms with Crippen molar-refractivity contribution < 1.29 is 5.11 Å². The quantitative estimate of drug-likeness (QED) is 0.176. The van der Waals surface area contributed by atoms with Gasteiger partial charge in [0.1, 0.15) is 11.6 Å². The monoisotopic (exact) mass is 765 g/mol. The fraction of sp³-hybridized carbons (Fsp3) is 0.127. The Hall–Kier alpha value is -7.04. The molecule has 0 amide bonds. The molecule has 0 saturated carbocycles. The maximum absolute atomic E-state index is 11.9. The van der Waals surface area contributed by atoms with Gasteiger partial charge in [-0.3, -0.25) is 9.55 Å². The molecule has 288 valence electrons. The highest BCUT2D eigenvalue weighted by Crippen LogP contribution is 2.44. The number of phenols is 1. The molecule has 0 fully saturated rings. The molecule has 9 aromatic rings. The van der Waals surface area contributed by atoms with Crippen LogP contribution in [0.4, 0.5) is 0 Å². The number of aryl methyl sites for hydroxylation is 3. The van der Waals surface area contributed by atoms with Crippen molar-refractivity contribution in [2.24, 2.45) is 0 Å². The van der Waals surface area contributed by atoms with Gasteiger partial charge in [-0.05, 0) is 130 Å². The summed E-state index contributed by atoms with van der Waals surface area (Å²) in [7, 11) is 0. The van der Waals surface area contributed by atoms with Crippen LogP contribution < -0.4 is 0 Å². The van der Waals surface area contributed by atoms with Gasteiger partial charge in [-0.15, -0.1) is 0 Å². The Balaban J connectivity index is 1.35. The average Bonchev–Trinajstić information content (AvgIpc) is 3.65. The molecule has 0 aliphatic rings. The average molecular weight is 766 g/mol. The smallest absolute Gasteiger partial charge is 0.149 e. The van der Waals surface area contributed by atoms with Gasteiger partial charge >= 0.3 is 0 Å². The number of aromatic hydroxyl groups is 1. The van der Waals surface area contributed by atoms with E-state index in [4.69, 9.17) is 9.97 Å². The number of hydrogen-bond acceptors (Lipinski definition) is 3. The first-order valence-electron chi connectivity index (χ1n) is 20.3. The van der Waals surface area contributed by atoms with Crippen LogP contribution in [-0.4, -0.2) is 19.6 Å². The summed E-state index contributed by atoms with van der Waals surface area (Å²) in [6, 6.07) is 57.8. The first kappa shape index (κ1) is 37.5. The number of para-hydroxylation sites is 1. The minimum Gasteiger partial charge on any atom is -0.507 e. The predicted octanol–water partition coefficient (Wildman–Crippen LogP) is 14.4. The van der Waals surface area contributed by atoms with E-state index in [1.54, 1.807) is 0 Å². The second-order valence-electron chi connectivity index (χ2n) is 16.7. The number of aromatic nitrogens is 3. The summed E-state index contributed by atoms with van der Waals surface area (Å²) in [6.07, 6.45) is 1.90. The van der Waals surface area contributed by atoms with Gasteiger partial charge in [0.2, 0.25) is 0 Å². The maximum atomic E-state index is 11.9. The van der Waals surface area contributed by atoms with E-state index in [9.17, 15) is 5.11 Å². The summed E-state index contributed by atoms with van der Waals surface area (Å²) < 4.78 is 2.26. The molecule has 4 heteroatoms. The molecule has 0 saturated heterocycles. The molecule has 0 aliphatic carbocycles. The summed E-state index contributed by atoms with van der Waals surface area (Å²) in [4.78, 5) is 10.5. The molecule has 7 aromatic carbocycles. The van der Waals surface area contributed by atoms with Gasteiger partial charge in [0, 0.05) is 22.9 Å². The minimum atomic E-state index is -0.134. The zero-order chi connectivity index (χ0) is 40.8. The van der Waals surface area contributed by atoms with Gasteiger partial charge in [-0.25, -0.2) is 4.98 Å². The van der Waals surface area contributed by atoms with Crippen LogP contribution >= 0.6 is 0 Å². The molecule has 59 heavy (non-hydrogen) atoms. The van der Waals surface area contributed by atoms with Crippen molar-refractivity contribution in [2.45, 2.75) is 47.0 Å². The largest absolute Gasteiger partial charge is 0.507 e. The Labute approximate surface area is 347 Å². The summed E-state index contributed by atoms with van der Waals surface area (Å²) >= 11 is 0. The molecule has 0 aliphatic heterocycles. The molecule has 2 aromatic heterocycles. The number of nitrogens with zero attached hydrogens (tertiary/aromatic N) is 3. The van der Waals surface area contributed by atoms with Crippen molar-refractivity contribution in [3.63, 3.8) is 0 Å². The lowest BCUT2D eigenvalue weighted by atomic mass is 9.83. The third-order valence-corrected chi connectivity index (χ3v) is 11.4. The third-order valence-electron chi connectivity index (χ3n) is 11.4. The Morgan fingerprint density at radius 1 is 0.492 bits per heavy atom. The van der Waals surface area contributed by atoms with Crippen LogP contribution in [0.15, 0.2) is 170 Å². The summed E-state index contributed by atoms with van der Waals surface area (Å²) in [5.41, 5.74) is 18.4. The van der Waals surface area contributed by atoms with Crippen molar-refractivity contribution in [2.75, 3.05) is 0 Å². The van der Waals surface area contributed by atoms with E-state index in [-0.39, 0.29) is 11.2 Å². The zero-order valence-electron chi connectivity index (χ0n) is 34.5. The van der Waals surface area contributed by atoms with Crippen molar-refractivity contribution >= 4 is 11.0 Å². The van der Waals surface area contributed by atoms with Gasteiger partial charge in [-0.2, -0.15) is 0 Å². The van der Waals surface area contributed by atoms with Crippen LogP contribution in [0, 0.1) is 20.8 Å². The lowest BCUT2D eigenvalue weighted by molar-refractivity contribution is 0.472. The van der Waals surface area contributed by atoms with E-state index >= 15 is 0 Å². The fourth-order valence-electron chi connectivity index (χ4n) is 8.31. The van der Waals surface area contributed by atoms with Crippen LogP contribution in [0.3, 0.4) is 0 Å². The van der Waals surface area contributed by atoms with E-state index in [1.807, 2.05) is 25.3 Å². The van der Waals surface area contributed by atoms with Crippen LogP contribution in [0.2, 0.25) is 0 Å². The Bertz CT molecular complexity index is 2990. The molecule has 9 rings (SSSR count). The van der Waals surface area contributed by atoms with Gasteiger partial charge in [-0.1, -0.05) is 136 Å². The number of rotatable bonds is 7. The fourth-order valence-corrected chi connectivity index (χ4v) is 8.31. The van der Waals surface area contributed by atoms with E-state index in [0.29, 0.717) is 11.4 Å². The molecule has 0 unspecified atom stereocenters. The first-order chi connectivity index (χ1) is 28.5. The number of phenolic OH excluding ortho intramolecular Hbond substituents is 1. The first-order valence-corrected chi connectivity index (χ1v) is 20.3. The number of hydrogen-bond donors (Lipinski definition) is 1. The molecule has 0 radical (unpaired) electrons. The number of imidazole rings is 1. The minimum absolute atomic E-state index is 0.134. The highest BCUT2D eigenvalue weighted by molar-refractivity contribution is 5.98. The molecule has 0 spiro atoms. The molecule has 0 bridgehead atoms. The molecule has 1 N–H and O–H groups in total. The van der Waals surface area contributed by atoms with E-state index in [1.165, 1.54) is 11.1 Å².